The zero-order valence-corrected chi connectivity index (χ0v) is 22.4. The number of anilines is 2. The molecule has 0 saturated heterocycles. The molecular weight excluding hydrogens is 607 g/mol. The van der Waals surface area contributed by atoms with Gasteiger partial charge in [-0.2, -0.15) is 36.4 Å². The van der Waals surface area contributed by atoms with Crippen molar-refractivity contribution in [2.75, 3.05) is 10.2 Å². The number of aliphatic hydroxyl groups is 1. The maximum Gasteiger partial charge on any atom is 0.490 e. The number of nitrogens with zero attached hydrogens (tertiary/aromatic N) is 4. The molecule has 5 rings (SSSR count). The fourth-order valence-electron chi connectivity index (χ4n) is 4.44. The van der Waals surface area contributed by atoms with Crippen molar-refractivity contribution in [3.05, 3.63) is 75.9 Å². The van der Waals surface area contributed by atoms with E-state index in [1.807, 2.05) is 0 Å². The number of halogens is 7. The first-order valence-electron chi connectivity index (χ1n) is 12.5. The molecule has 3 heterocycles. The quantitative estimate of drug-likeness (QED) is 0.194. The van der Waals surface area contributed by atoms with E-state index in [9.17, 15) is 40.6 Å². The summed E-state index contributed by atoms with van der Waals surface area (Å²) >= 11 is 0. The number of H-pyrrole nitrogens is 1. The number of hydrogen-bond donors (Lipinski definition) is 5. The van der Waals surface area contributed by atoms with Gasteiger partial charge in [0.25, 0.3) is 5.91 Å². The highest BCUT2D eigenvalue weighted by molar-refractivity contribution is 6.07. The van der Waals surface area contributed by atoms with Gasteiger partial charge in [-0.3, -0.25) is 9.89 Å². The van der Waals surface area contributed by atoms with E-state index in [0.29, 0.717) is 24.2 Å². The number of carboxylic acid groups (broad SMARTS) is 1. The number of benzene rings is 2. The van der Waals surface area contributed by atoms with Crippen LogP contribution < -0.4 is 16.0 Å². The van der Waals surface area contributed by atoms with E-state index in [2.05, 4.69) is 25.5 Å². The molecule has 0 bridgehead atoms. The summed E-state index contributed by atoms with van der Waals surface area (Å²) in [4.78, 5) is 31.8. The van der Waals surface area contributed by atoms with Crippen LogP contribution in [0.5, 0.6) is 0 Å². The first-order chi connectivity index (χ1) is 20.5. The third kappa shape index (κ3) is 6.64. The van der Waals surface area contributed by atoms with Crippen LogP contribution in [0.2, 0.25) is 0 Å². The van der Waals surface area contributed by atoms with Crippen LogP contribution in [-0.4, -0.2) is 48.4 Å². The van der Waals surface area contributed by atoms with Gasteiger partial charge in [-0.25, -0.2) is 14.2 Å². The Labute approximate surface area is 242 Å². The van der Waals surface area contributed by atoms with Gasteiger partial charge >= 0.3 is 18.3 Å². The van der Waals surface area contributed by atoms with E-state index in [4.69, 9.17) is 15.6 Å². The van der Waals surface area contributed by atoms with Gasteiger partial charge in [-0.1, -0.05) is 12.1 Å². The molecular formula is C26H22F7N7O4. The zero-order chi connectivity index (χ0) is 32.6. The number of amides is 1. The molecule has 0 aliphatic carbocycles. The molecule has 18 heteroatoms. The van der Waals surface area contributed by atoms with Gasteiger partial charge < -0.3 is 26.2 Å². The van der Waals surface area contributed by atoms with E-state index in [0.717, 1.165) is 29.5 Å². The number of alkyl halides is 6. The summed E-state index contributed by atoms with van der Waals surface area (Å²) in [5, 5.41) is 27.2. The summed E-state index contributed by atoms with van der Waals surface area (Å²) in [7, 11) is 0. The lowest BCUT2D eigenvalue weighted by Gasteiger charge is -2.20. The van der Waals surface area contributed by atoms with Crippen molar-refractivity contribution in [3.63, 3.8) is 0 Å². The van der Waals surface area contributed by atoms with Crippen LogP contribution in [0.25, 0.3) is 10.9 Å². The Morgan fingerprint density at radius 1 is 1.09 bits per heavy atom. The monoisotopic (exact) mass is 629 g/mol. The van der Waals surface area contributed by atoms with Crippen molar-refractivity contribution in [1.82, 2.24) is 20.2 Å². The number of carbonyl (C=O) groups is 2. The number of nitrogens with one attached hydrogen (secondary N) is 2. The first-order valence-corrected chi connectivity index (χ1v) is 12.5. The molecule has 0 spiro atoms. The fourth-order valence-corrected chi connectivity index (χ4v) is 4.44. The molecule has 2 aromatic heterocycles. The van der Waals surface area contributed by atoms with Gasteiger partial charge in [0.2, 0.25) is 5.95 Å². The van der Waals surface area contributed by atoms with Crippen LogP contribution in [0.1, 0.15) is 51.5 Å². The summed E-state index contributed by atoms with van der Waals surface area (Å²) in [5.41, 5.74) is 6.16. The van der Waals surface area contributed by atoms with E-state index in [1.54, 1.807) is 24.0 Å². The summed E-state index contributed by atoms with van der Waals surface area (Å²) in [5.74, 6) is -4.26. The number of fused-ring (bicyclic) bond motifs is 2. The normalized spacial score (nSPS) is 13.7. The second-order valence-corrected chi connectivity index (χ2v) is 9.46. The number of hydrogen-bond acceptors (Lipinski definition) is 8. The number of carbonyl (C=O) groups excluding carboxylic acids is 1. The molecule has 0 saturated carbocycles. The van der Waals surface area contributed by atoms with Crippen LogP contribution in [0.3, 0.4) is 0 Å². The highest BCUT2D eigenvalue weighted by atomic mass is 19.4. The van der Waals surface area contributed by atoms with Crippen molar-refractivity contribution >= 4 is 34.5 Å². The Morgan fingerprint density at radius 3 is 2.34 bits per heavy atom. The summed E-state index contributed by atoms with van der Waals surface area (Å²) in [6, 6.07) is 7.36. The maximum absolute atomic E-state index is 14.4. The Bertz CT molecular complexity index is 1720. The molecule has 0 radical (unpaired) electrons. The minimum absolute atomic E-state index is 0.0927. The van der Waals surface area contributed by atoms with Crippen molar-refractivity contribution in [1.29, 1.82) is 0 Å². The number of carboxylic acids is 1. The van der Waals surface area contributed by atoms with Crippen LogP contribution in [-0.2, 0) is 30.6 Å². The number of aliphatic hydroxyl groups excluding tert-OH is 1. The molecule has 1 amide bonds. The SMILES string of the molecule is C[C@@H](O)c1n[nH]c2c1CN(c1nc(NCc3c(F)cccc3C(F)(F)F)c3cccc(C(N)=O)c3n1)C2.O=C(O)C(F)(F)F. The van der Waals surface area contributed by atoms with Crippen LogP contribution in [0, 0.1) is 5.82 Å². The number of nitrogens with two attached hydrogens (primary N) is 1. The summed E-state index contributed by atoms with van der Waals surface area (Å²) in [6.45, 7) is 1.67. The van der Waals surface area contributed by atoms with Crippen LogP contribution in [0.15, 0.2) is 36.4 Å². The van der Waals surface area contributed by atoms with E-state index in [1.165, 1.54) is 6.07 Å². The van der Waals surface area contributed by atoms with E-state index >= 15 is 0 Å². The lowest BCUT2D eigenvalue weighted by Crippen LogP contribution is -2.21. The second kappa shape index (κ2) is 11.9. The topological polar surface area (TPSA) is 170 Å². The minimum atomic E-state index is -5.08. The van der Waals surface area contributed by atoms with Crippen molar-refractivity contribution in [2.24, 2.45) is 5.73 Å². The molecule has 6 N–H and O–H groups in total. The minimum Gasteiger partial charge on any atom is -0.475 e. The highest BCUT2D eigenvalue weighted by Gasteiger charge is 2.38. The van der Waals surface area contributed by atoms with Crippen molar-refractivity contribution < 1.29 is 50.5 Å². The number of primary amides is 1. The lowest BCUT2D eigenvalue weighted by atomic mass is 10.1. The van der Waals surface area contributed by atoms with Gasteiger partial charge in [0.05, 0.1) is 47.2 Å². The molecule has 0 unspecified atom stereocenters. The molecule has 234 valence electrons. The number of para-hydroxylation sites is 1. The Hall–Kier alpha value is -5.00. The lowest BCUT2D eigenvalue weighted by molar-refractivity contribution is -0.192. The van der Waals surface area contributed by atoms with Crippen molar-refractivity contribution in [2.45, 2.75) is 45.0 Å². The standard InChI is InChI=1S/C24H21F4N7O2.C2HF3O2/c1-11(36)19-15-9-35(10-18(15)33-34-19)23-31-20-12(21(29)37)4-2-5-13(20)22(32-23)30-8-14-16(24(26,27)28)6-3-7-17(14)25;3-2(4,5)1(6)7/h2-7,11,36H,8-10H2,1H3,(H2,29,37)(H,33,34)(H,30,31,32);(H,6,7)/t11-;/m1./s1. The van der Waals surface area contributed by atoms with Gasteiger partial charge in [0, 0.05) is 23.1 Å². The van der Waals surface area contributed by atoms with Crippen molar-refractivity contribution in [3.8, 4) is 0 Å². The molecule has 1 aliphatic heterocycles. The predicted molar refractivity (Wildman–Crippen MR) is 140 cm³/mol. The number of aliphatic carboxylic acids is 1. The molecule has 4 aromatic rings. The average Bonchev–Trinajstić information content (AvgIpc) is 3.52. The van der Waals surface area contributed by atoms with Crippen LogP contribution >= 0.6 is 0 Å². The Balaban J connectivity index is 0.000000566. The van der Waals surface area contributed by atoms with E-state index in [-0.39, 0.29) is 22.8 Å². The smallest absolute Gasteiger partial charge is 0.475 e. The predicted octanol–water partition coefficient (Wildman–Crippen LogP) is 4.43. The molecule has 44 heavy (non-hydrogen) atoms. The van der Waals surface area contributed by atoms with Gasteiger partial charge in [0.15, 0.2) is 0 Å². The molecule has 2 aromatic carbocycles. The third-order valence-electron chi connectivity index (χ3n) is 6.44. The maximum atomic E-state index is 14.4. The number of aromatic amines is 1. The number of aromatic nitrogens is 4. The van der Waals surface area contributed by atoms with Gasteiger partial charge in [-0.15, -0.1) is 0 Å². The second-order valence-electron chi connectivity index (χ2n) is 9.46. The van der Waals surface area contributed by atoms with Gasteiger partial charge in [0.1, 0.15) is 11.6 Å². The average molecular weight is 629 g/mol. The number of rotatable bonds is 6. The summed E-state index contributed by atoms with van der Waals surface area (Å²) in [6.07, 6.45) is -10.6. The van der Waals surface area contributed by atoms with Gasteiger partial charge in [-0.05, 0) is 31.2 Å². The van der Waals surface area contributed by atoms with E-state index < -0.39 is 53.8 Å². The van der Waals surface area contributed by atoms with Crippen LogP contribution in [0.4, 0.5) is 42.5 Å². The molecule has 0 fully saturated rings. The molecule has 11 nitrogen and oxygen atoms in total. The Morgan fingerprint density at radius 2 is 1.75 bits per heavy atom. The zero-order valence-electron chi connectivity index (χ0n) is 22.4. The fraction of sp³-hybridized carbons (Fsp3) is 0.269. The first kappa shape index (κ1) is 31.9. The highest BCUT2D eigenvalue weighted by Crippen LogP contribution is 2.35. The third-order valence-corrected chi connectivity index (χ3v) is 6.44. The summed E-state index contributed by atoms with van der Waals surface area (Å²) < 4.78 is 86.7. The Kier molecular flexibility index (Phi) is 8.67. The largest absolute Gasteiger partial charge is 0.490 e. The molecule has 1 atom stereocenters. The molecule has 1 aliphatic rings.